The van der Waals surface area contributed by atoms with Gasteiger partial charge in [-0.05, 0) is 56.3 Å². The molecule has 34 heavy (non-hydrogen) atoms. The number of aromatic nitrogens is 4. The highest BCUT2D eigenvalue weighted by molar-refractivity contribution is 5.60. The standard InChI is InChI=1S/C24H18F6N4/c1-22(2,19-12-13-34(33-19)21-11-5-10-20(32-21)24(28,29)30)18-9-4-8-17(31-18)15-6-3-7-16(14-15)23(25,26)27/h3-14H,1-2H3. The summed E-state index contributed by atoms with van der Waals surface area (Å²) < 4.78 is 79.6. The number of rotatable bonds is 4. The number of alkyl halides is 6. The number of pyridine rings is 2. The second kappa shape index (κ2) is 8.27. The van der Waals surface area contributed by atoms with E-state index >= 15 is 0 Å². The molecule has 3 heterocycles. The van der Waals surface area contributed by atoms with E-state index in [0.29, 0.717) is 22.6 Å². The maximum atomic E-state index is 13.1. The van der Waals surface area contributed by atoms with Gasteiger partial charge in [0, 0.05) is 11.8 Å². The van der Waals surface area contributed by atoms with Gasteiger partial charge in [0.1, 0.15) is 5.69 Å². The highest BCUT2D eigenvalue weighted by atomic mass is 19.4. The van der Waals surface area contributed by atoms with E-state index in [0.717, 1.165) is 18.2 Å². The van der Waals surface area contributed by atoms with Crippen LogP contribution in [0.4, 0.5) is 26.3 Å². The summed E-state index contributed by atoms with van der Waals surface area (Å²) in [4.78, 5) is 8.19. The smallest absolute Gasteiger partial charge is 0.252 e. The zero-order chi connectivity index (χ0) is 24.7. The molecule has 0 spiro atoms. The van der Waals surface area contributed by atoms with Gasteiger partial charge in [-0.3, -0.25) is 4.98 Å². The van der Waals surface area contributed by atoms with Crippen LogP contribution in [0.3, 0.4) is 0 Å². The molecular formula is C24H18F6N4. The molecule has 4 nitrogen and oxygen atoms in total. The van der Waals surface area contributed by atoms with E-state index in [1.54, 1.807) is 30.3 Å². The molecule has 0 unspecified atom stereocenters. The summed E-state index contributed by atoms with van der Waals surface area (Å²) in [6.45, 7) is 3.63. The molecule has 0 amide bonds. The molecule has 0 aliphatic carbocycles. The second-order valence-electron chi connectivity index (χ2n) is 8.14. The topological polar surface area (TPSA) is 43.6 Å². The van der Waals surface area contributed by atoms with E-state index in [4.69, 9.17) is 0 Å². The third-order valence-electron chi connectivity index (χ3n) is 5.36. The lowest BCUT2D eigenvalue weighted by Crippen LogP contribution is -2.22. The van der Waals surface area contributed by atoms with Crippen LogP contribution in [0.15, 0.2) is 72.9 Å². The molecule has 0 aliphatic rings. The van der Waals surface area contributed by atoms with Crippen LogP contribution in [0.25, 0.3) is 17.1 Å². The van der Waals surface area contributed by atoms with E-state index in [1.165, 1.54) is 29.1 Å². The fourth-order valence-corrected chi connectivity index (χ4v) is 3.42. The SMILES string of the molecule is CC(C)(c1cccc(-c2cccc(C(F)(F)F)c2)n1)c1ccn(-c2cccc(C(F)(F)F)n2)n1. The predicted molar refractivity (Wildman–Crippen MR) is 113 cm³/mol. The Kier molecular flexibility index (Phi) is 5.71. The van der Waals surface area contributed by atoms with Gasteiger partial charge in [0.2, 0.25) is 0 Å². The van der Waals surface area contributed by atoms with Crippen molar-refractivity contribution < 1.29 is 26.3 Å². The van der Waals surface area contributed by atoms with Gasteiger partial charge in [0.15, 0.2) is 5.82 Å². The van der Waals surface area contributed by atoms with E-state index in [-0.39, 0.29) is 5.82 Å². The third-order valence-corrected chi connectivity index (χ3v) is 5.36. The minimum Gasteiger partial charge on any atom is -0.252 e. The Morgan fingerprint density at radius 1 is 0.676 bits per heavy atom. The minimum atomic E-state index is -4.58. The van der Waals surface area contributed by atoms with Crippen molar-refractivity contribution in [3.05, 3.63) is 95.6 Å². The first-order valence-corrected chi connectivity index (χ1v) is 10.1. The molecule has 0 bridgehead atoms. The molecule has 0 saturated heterocycles. The summed E-state index contributed by atoms with van der Waals surface area (Å²) in [6.07, 6.45) is -7.56. The van der Waals surface area contributed by atoms with Gasteiger partial charge < -0.3 is 0 Å². The van der Waals surface area contributed by atoms with Gasteiger partial charge in [0.05, 0.1) is 28.1 Å². The minimum absolute atomic E-state index is 0.00236. The number of nitrogens with zero attached hydrogens (tertiary/aromatic N) is 4. The molecule has 0 atom stereocenters. The van der Waals surface area contributed by atoms with Crippen molar-refractivity contribution >= 4 is 0 Å². The maximum Gasteiger partial charge on any atom is 0.433 e. The highest BCUT2D eigenvalue weighted by Gasteiger charge is 2.33. The van der Waals surface area contributed by atoms with Crippen LogP contribution in [0.2, 0.25) is 0 Å². The van der Waals surface area contributed by atoms with E-state index in [1.807, 2.05) is 13.8 Å². The maximum absolute atomic E-state index is 13.1. The lowest BCUT2D eigenvalue weighted by molar-refractivity contribution is -0.141. The molecule has 4 aromatic rings. The Morgan fingerprint density at radius 2 is 1.35 bits per heavy atom. The quantitative estimate of drug-likeness (QED) is 0.308. The van der Waals surface area contributed by atoms with Crippen LogP contribution >= 0.6 is 0 Å². The van der Waals surface area contributed by atoms with Gasteiger partial charge in [0.25, 0.3) is 0 Å². The van der Waals surface area contributed by atoms with Gasteiger partial charge in [-0.1, -0.05) is 24.3 Å². The fourth-order valence-electron chi connectivity index (χ4n) is 3.42. The summed E-state index contributed by atoms with van der Waals surface area (Å²) in [5.41, 5.74) is -0.905. The average Bonchev–Trinajstić information content (AvgIpc) is 3.30. The van der Waals surface area contributed by atoms with Crippen molar-refractivity contribution in [2.75, 3.05) is 0 Å². The summed E-state index contributed by atoms with van der Waals surface area (Å²) in [7, 11) is 0. The van der Waals surface area contributed by atoms with Crippen LogP contribution < -0.4 is 0 Å². The van der Waals surface area contributed by atoms with Crippen LogP contribution in [-0.4, -0.2) is 19.7 Å². The molecule has 10 heteroatoms. The molecule has 0 fully saturated rings. The molecule has 4 rings (SSSR count). The first-order chi connectivity index (χ1) is 15.9. The lowest BCUT2D eigenvalue weighted by atomic mass is 9.85. The molecule has 0 saturated carbocycles. The summed E-state index contributed by atoms with van der Waals surface area (Å²) in [5, 5.41) is 4.40. The first-order valence-electron chi connectivity index (χ1n) is 10.1. The third kappa shape index (κ3) is 4.66. The molecule has 1 aromatic carbocycles. The largest absolute Gasteiger partial charge is 0.433 e. The second-order valence-corrected chi connectivity index (χ2v) is 8.14. The normalized spacial score (nSPS) is 12.7. The Morgan fingerprint density at radius 3 is 2.06 bits per heavy atom. The Hall–Kier alpha value is -3.69. The highest BCUT2D eigenvalue weighted by Crippen LogP contribution is 2.34. The van der Waals surface area contributed by atoms with Crippen LogP contribution in [-0.2, 0) is 17.8 Å². The van der Waals surface area contributed by atoms with Crippen molar-refractivity contribution in [2.45, 2.75) is 31.6 Å². The molecule has 0 aliphatic heterocycles. The van der Waals surface area contributed by atoms with Gasteiger partial charge >= 0.3 is 12.4 Å². The Bertz CT molecular complexity index is 1320. The monoisotopic (exact) mass is 476 g/mol. The van der Waals surface area contributed by atoms with Crippen molar-refractivity contribution in [2.24, 2.45) is 0 Å². The van der Waals surface area contributed by atoms with Crippen molar-refractivity contribution in [1.82, 2.24) is 19.7 Å². The fraction of sp³-hybridized carbons (Fsp3) is 0.208. The van der Waals surface area contributed by atoms with E-state index in [9.17, 15) is 26.3 Å². The Labute approximate surface area is 190 Å². The van der Waals surface area contributed by atoms with Crippen molar-refractivity contribution in [3.63, 3.8) is 0 Å². The van der Waals surface area contributed by atoms with Gasteiger partial charge in [-0.2, -0.15) is 31.4 Å². The summed E-state index contributed by atoms with van der Waals surface area (Å²) in [5.74, 6) is 0.00236. The zero-order valence-electron chi connectivity index (χ0n) is 18.0. The van der Waals surface area contributed by atoms with Crippen LogP contribution in [0, 0.1) is 0 Å². The van der Waals surface area contributed by atoms with Crippen molar-refractivity contribution in [3.8, 4) is 17.1 Å². The predicted octanol–water partition coefficient (Wildman–Crippen LogP) is 6.69. The van der Waals surface area contributed by atoms with Crippen LogP contribution in [0.5, 0.6) is 0 Å². The Balaban J connectivity index is 1.68. The molecular weight excluding hydrogens is 458 g/mol. The van der Waals surface area contributed by atoms with Gasteiger partial charge in [-0.15, -0.1) is 0 Å². The molecule has 0 radical (unpaired) electrons. The number of benzene rings is 1. The molecule has 176 valence electrons. The molecule has 0 N–H and O–H groups in total. The van der Waals surface area contributed by atoms with Crippen LogP contribution in [0.1, 0.15) is 36.5 Å². The van der Waals surface area contributed by atoms with E-state index in [2.05, 4.69) is 15.1 Å². The summed E-state index contributed by atoms with van der Waals surface area (Å²) >= 11 is 0. The lowest BCUT2D eigenvalue weighted by Gasteiger charge is -2.22. The summed E-state index contributed by atoms with van der Waals surface area (Å²) in [6, 6.07) is 15.1. The molecule has 3 aromatic heterocycles. The number of hydrogen-bond acceptors (Lipinski definition) is 3. The van der Waals surface area contributed by atoms with Crippen molar-refractivity contribution in [1.29, 1.82) is 0 Å². The van der Waals surface area contributed by atoms with Gasteiger partial charge in [-0.25, -0.2) is 9.67 Å². The average molecular weight is 476 g/mol. The zero-order valence-corrected chi connectivity index (χ0v) is 18.0. The van der Waals surface area contributed by atoms with E-state index < -0.39 is 29.0 Å². The number of hydrogen-bond donors (Lipinski definition) is 0. The first kappa shape index (κ1) is 23.5. The number of halogens is 6.